The summed E-state index contributed by atoms with van der Waals surface area (Å²) in [4.78, 5) is 28.4. The summed E-state index contributed by atoms with van der Waals surface area (Å²) in [6, 6.07) is -2.35. The van der Waals surface area contributed by atoms with Crippen molar-refractivity contribution < 1.29 is 27.2 Å². The minimum atomic E-state index is -4.47. The van der Waals surface area contributed by atoms with Crippen LogP contribution in [-0.2, 0) is 11.2 Å². The molecule has 1 aliphatic rings. The maximum atomic E-state index is 13.0. The zero-order valence-corrected chi connectivity index (χ0v) is 13.5. The van der Waals surface area contributed by atoms with E-state index in [2.05, 4.69) is 10.3 Å². The monoisotopic (exact) mass is 347 g/mol. The van der Waals surface area contributed by atoms with Crippen LogP contribution < -0.4 is 5.32 Å². The van der Waals surface area contributed by atoms with Crippen molar-refractivity contribution >= 4 is 11.8 Å². The molecular weight excluding hydrogens is 327 g/mol. The van der Waals surface area contributed by atoms with Gasteiger partial charge >= 0.3 is 6.18 Å². The minimum absolute atomic E-state index is 0.0887. The molecule has 1 aromatic heterocycles. The van der Waals surface area contributed by atoms with E-state index in [9.17, 15) is 22.8 Å². The Morgan fingerprint density at radius 3 is 2.71 bits per heavy atom. The summed E-state index contributed by atoms with van der Waals surface area (Å²) in [6.45, 7) is 2.86. The van der Waals surface area contributed by atoms with E-state index >= 15 is 0 Å². The summed E-state index contributed by atoms with van der Waals surface area (Å²) < 4.78 is 44.1. The van der Waals surface area contributed by atoms with Crippen molar-refractivity contribution in [2.75, 3.05) is 6.54 Å². The summed E-state index contributed by atoms with van der Waals surface area (Å²) in [7, 11) is 0. The third-order valence-electron chi connectivity index (χ3n) is 3.95. The number of amides is 2. The third kappa shape index (κ3) is 4.27. The van der Waals surface area contributed by atoms with Gasteiger partial charge < -0.3 is 14.6 Å². The first-order valence-electron chi connectivity index (χ1n) is 7.81. The second kappa shape index (κ2) is 7.23. The Balaban J connectivity index is 2.00. The molecule has 2 heterocycles. The first kappa shape index (κ1) is 18.3. The molecule has 1 saturated heterocycles. The number of carbonyl (C=O) groups is 2. The van der Waals surface area contributed by atoms with Crippen molar-refractivity contribution in [2.45, 2.75) is 57.8 Å². The molecule has 1 fully saturated rings. The van der Waals surface area contributed by atoms with Gasteiger partial charge in [-0.2, -0.15) is 13.2 Å². The Hall–Kier alpha value is -2.06. The van der Waals surface area contributed by atoms with Crippen LogP contribution in [0.2, 0.25) is 0 Å². The average molecular weight is 347 g/mol. The molecule has 1 aliphatic heterocycles. The first-order chi connectivity index (χ1) is 11.2. The number of aromatic nitrogens is 1. The van der Waals surface area contributed by atoms with Crippen molar-refractivity contribution in [1.82, 2.24) is 15.2 Å². The molecule has 9 heteroatoms. The minimum Gasteiger partial charge on any atom is -0.448 e. The van der Waals surface area contributed by atoms with Gasteiger partial charge in [0, 0.05) is 25.9 Å². The van der Waals surface area contributed by atoms with Gasteiger partial charge in [-0.15, -0.1) is 0 Å². The number of piperidine rings is 1. The van der Waals surface area contributed by atoms with Gasteiger partial charge in [-0.3, -0.25) is 9.59 Å². The molecule has 6 nitrogen and oxygen atoms in total. The molecule has 2 amide bonds. The number of likely N-dealkylation sites (tertiary alicyclic amines) is 1. The van der Waals surface area contributed by atoms with Crippen LogP contribution in [0.5, 0.6) is 0 Å². The molecule has 1 aromatic rings. The fraction of sp³-hybridized carbons (Fsp3) is 0.667. The summed E-state index contributed by atoms with van der Waals surface area (Å²) >= 11 is 0. The number of hydrogen-bond acceptors (Lipinski definition) is 4. The smallest absolute Gasteiger partial charge is 0.408 e. The third-order valence-corrected chi connectivity index (χ3v) is 3.95. The molecule has 134 valence electrons. The van der Waals surface area contributed by atoms with Crippen LogP contribution in [-0.4, -0.2) is 46.5 Å². The average Bonchev–Trinajstić information content (AvgIpc) is 2.95. The van der Waals surface area contributed by atoms with E-state index in [4.69, 9.17) is 4.42 Å². The Morgan fingerprint density at radius 1 is 1.42 bits per heavy atom. The van der Waals surface area contributed by atoms with Crippen LogP contribution in [0.25, 0.3) is 0 Å². The highest BCUT2D eigenvalue weighted by molar-refractivity contribution is 5.92. The molecule has 0 bridgehead atoms. The lowest BCUT2D eigenvalue weighted by molar-refractivity contribution is -0.196. The molecule has 0 radical (unpaired) electrons. The molecule has 0 saturated carbocycles. The number of carbonyl (C=O) groups excluding carboxylic acids is 2. The zero-order valence-electron chi connectivity index (χ0n) is 13.5. The standard InChI is InChI=1S/C15H20F3N3O3/c1-3-4-13-20-11(8-24-13)14(23)19-10-5-6-12(15(16,17)18)21(7-10)9(2)22/h8,10,12H,3-7H2,1-2H3,(H,19,23)/t10-,12+/m1/s1. The molecule has 2 rings (SSSR count). The molecule has 0 aliphatic carbocycles. The normalized spacial score (nSPS) is 21.6. The lowest BCUT2D eigenvalue weighted by Gasteiger charge is -2.40. The van der Waals surface area contributed by atoms with E-state index in [1.165, 1.54) is 6.26 Å². The van der Waals surface area contributed by atoms with Crippen LogP contribution >= 0.6 is 0 Å². The van der Waals surface area contributed by atoms with Gasteiger partial charge in [-0.05, 0) is 19.3 Å². The first-order valence-corrected chi connectivity index (χ1v) is 7.81. The zero-order chi connectivity index (χ0) is 17.9. The summed E-state index contributed by atoms with van der Waals surface area (Å²) in [5, 5.41) is 2.62. The van der Waals surface area contributed by atoms with Crippen molar-refractivity contribution in [3.8, 4) is 0 Å². The van der Waals surface area contributed by atoms with Crippen LogP contribution in [0, 0.1) is 0 Å². The Labute approximate surface area is 137 Å². The number of nitrogens with zero attached hydrogens (tertiary/aromatic N) is 2. The number of alkyl halides is 3. The maximum absolute atomic E-state index is 13.0. The van der Waals surface area contributed by atoms with Gasteiger partial charge in [0.2, 0.25) is 5.91 Å². The summed E-state index contributed by atoms with van der Waals surface area (Å²) in [5.41, 5.74) is 0.0887. The van der Waals surface area contributed by atoms with Crippen molar-refractivity contribution in [2.24, 2.45) is 0 Å². The summed E-state index contributed by atoms with van der Waals surface area (Å²) in [5.74, 6) is -0.739. The molecule has 24 heavy (non-hydrogen) atoms. The fourth-order valence-corrected chi connectivity index (χ4v) is 2.78. The van der Waals surface area contributed by atoms with Gasteiger partial charge in [0.05, 0.1) is 0 Å². The van der Waals surface area contributed by atoms with E-state index in [0.29, 0.717) is 12.3 Å². The fourth-order valence-electron chi connectivity index (χ4n) is 2.78. The number of hydrogen-bond donors (Lipinski definition) is 1. The quantitative estimate of drug-likeness (QED) is 0.907. The van der Waals surface area contributed by atoms with Gasteiger partial charge in [0.15, 0.2) is 11.6 Å². The molecule has 0 spiro atoms. The highest BCUT2D eigenvalue weighted by atomic mass is 19.4. The lowest BCUT2D eigenvalue weighted by Crippen LogP contribution is -2.57. The molecule has 2 atom stereocenters. The number of oxazole rings is 1. The predicted molar refractivity (Wildman–Crippen MR) is 78.2 cm³/mol. The van der Waals surface area contributed by atoms with Gasteiger partial charge in [0.25, 0.3) is 5.91 Å². The van der Waals surface area contributed by atoms with E-state index in [0.717, 1.165) is 18.2 Å². The molecule has 0 aromatic carbocycles. The second-order valence-electron chi connectivity index (χ2n) is 5.85. The number of aryl methyl sites for hydroxylation is 1. The van der Waals surface area contributed by atoms with Gasteiger partial charge in [0.1, 0.15) is 12.3 Å². The predicted octanol–water partition coefficient (Wildman–Crippen LogP) is 2.30. The molecular formula is C15H20F3N3O3. The van der Waals surface area contributed by atoms with Crippen molar-refractivity contribution in [1.29, 1.82) is 0 Å². The van der Waals surface area contributed by atoms with E-state index in [1.54, 1.807) is 0 Å². The highest BCUT2D eigenvalue weighted by Crippen LogP contribution is 2.32. The topological polar surface area (TPSA) is 75.4 Å². The lowest BCUT2D eigenvalue weighted by atomic mass is 9.97. The molecule has 1 N–H and O–H groups in total. The van der Waals surface area contributed by atoms with Crippen LogP contribution in [0.15, 0.2) is 10.7 Å². The summed E-state index contributed by atoms with van der Waals surface area (Å²) in [6.07, 6.45) is -1.93. The highest BCUT2D eigenvalue weighted by Gasteiger charge is 2.47. The van der Waals surface area contributed by atoms with E-state index in [1.807, 2.05) is 6.92 Å². The van der Waals surface area contributed by atoms with E-state index in [-0.39, 0.29) is 25.1 Å². The van der Waals surface area contributed by atoms with Gasteiger partial charge in [-0.25, -0.2) is 4.98 Å². The SMILES string of the molecule is CCCc1nc(C(=O)N[C@@H]2CC[C@@H](C(F)(F)F)N(C(C)=O)C2)co1. The number of nitrogens with one attached hydrogen (secondary N) is 1. The van der Waals surface area contributed by atoms with Gasteiger partial charge in [-0.1, -0.05) is 6.92 Å². The maximum Gasteiger partial charge on any atom is 0.408 e. The second-order valence-corrected chi connectivity index (χ2v) is 5.85. The Bertz CT molecular complexity index is 600. The van der Waals surface area contributed by atoms with Crippen LogP contribution in [0.3, 0.4) is 0 Å². The van der Waals surface area contributed by atoms with Crippen molar-refractivity contribution in [3.05, 3.63) is 17.8 Å². The largest absolute Gasteiger partial charge is 0.448 e. The number of halogens is 3. The van der Waals surface area contributed by atoms with Crippen LogP contribution in [0.1, 0.15) is 49.5 Å². The van der Waals surface area contributed by atoms with Crippen molar-refractivity contribution in [3.63, 3.8) is 0 Å². The number of rotatable bonds is 4. The Morgan fingerprint density at radius 2 is 2.12 bits per heavy atom. The Kier molecular flexibility index (Phi) is 5.51. The molecule has 0 unspecified atom stereocenters. The van der Waals surface area contributed by atoms with E-state index < -0.39 is 30.1 Å². The van der Waals surface area contributed by atoms with Crippen LogP contribution in [0.4, 0.5) is 13.2 Å².